The maximum atomic E-state index is 11.9. The number of carbonyl (C=O) groups excluding carboxylic acids is 1. The van der Waals surface area contributed by atoms with E-state index >= 15 is 0 Å². The fourth-order valence-electron chi connectivity index (χ4n) is 1.42. The van der Waals surface area contributed by atoms with Crippen LogP contribution in [-0.4, -0.2) is 68.1 Å². The summed E-state index contributed by atoms with van der Waals surface area (Å²) < 4.78 is 9.81. The Labute approximate surface area is 113 Å². The maximum Gasteiger partial charge on any atom is 0.329 e. The quantitative estimate of drug-likeness (QED) is 0.569. The van der Waals surface area contributed by atoms with Crippen LogP contribution in [0.5, 0.6) is 0 Å². The van der Waals surface area contributed by atoms with E-state index in [9.17, 15) is 9.59 Å². The molecule has 0 aliphatic rings. The molecule has 0 aromatic heterocycles. The Morgan fingerprint density at radius 1 is 1.37 bits per heavy atom. The van der Waals surface area contributed by atoms with Crippen molar-refractivity contribution in [2.24, 2.45) is 0 Å². The largest absolute Gasteiger partial charge is 0.480 e. The van der Waals surface area contributed by atoms with Crippen LogP contribution in [0.15, 0.2) is 0 Å². The molecule has 19 heavy (non-hydrogen) atoms. The average molecular weight is 276 g/mol. The third kappa shape index (κ3) is 8.39. The number of hydrogen-bond donors (Lipinski definition) is 2. The van der Waals surface area contributed by atoms with Crippen LogP contribution in [0.4, 0.5) is 4.79 Å². The third-order valence-corrected chi connectivity index (χ3v) is 2.67. The predicted octanol–water partition coefficient (Wildman–Crippen LogP) is 0.544. The van der Waals surface area contributed by atoms with Crippen molar-refractivity contribution in [3.8, 4) is 0 Å². The Morgan fingerprint density at radius 3 is 2.58 bits per heavy atom. The van der Waals surface area contributed by atoms with Gasteiger partial charge in [0.15, 0.2) is 0 Å². The van der Waals surface area contributed by atoms with E-state index in [1.54, 1.807) is 12.0 Å². The van der Waals surface area contributed by atoms with Gasteiger partial charge >= 0.3 is 12.0 Å². The van der Waals surface area contributed by atoms with Gasteiger partial charge in [-0.2, -0.15) is 0 Å². The highest BCUT2D eigenvalue weighted by Crippen LogP contribution is 2.03. The molecule has 0 radical (unpaired) electrons. The molecule has 0 spiro atoms. The van der Waals surface area contributed by atoms with Gasteiger partial charge in [0.25, 0.3) is 0 Å². The second-order valence-corrected chi connectivity index (χ2v) is 4.12. The lowest BCUT2D eigenvalue weighted by Gasteiger charge is -2.28. The number of carbonyl (C=O) groups is 2. The van der Waals surface area contributed by atoms with E-state index in [-0.39, 0.29) is 31.8 Å². The summed E-state index contributed by atoms with van der Waals surface area (Å²) in [6.45, 7) is 5.09. The number of amides is 2. The Hall–Kier alpha value is -1.34. The van der Waals surface area contributed by atoms with E-state index in [1.807, 2.05) is 13.8 Å². The highest BCUT2D eigenvalue weighted by atomic mass is 16.5. The predicted molar refractivity (Wildman–Crippen MR) is 70.2 cm³/mol. The molecule has 7 heteroatoms. The number of ether oxygens (including phenoxy) is 2. The van der Waals surface area contributed by atoms with Crippen molar-refractivity contribution in [1.82, 2.24) is 10.2 Å². The van der Waals surface area contributed by atoms with Gasteiger partial charge in [-0.05, 0) is 13.3 Å². The zero-order chi connectivity index (χ0) is 14.7. The number of nitrogens with zero attached hydrogens (tertiary/aromatic N) is 1. The SMILES string of the molecule is CCC(C)N(CCOC)C(=O)NCCOCC(=O)O. The minimum absolute atomic E-state index is 0.120. The highest BCUT2D eigenvalue weighted by Gasteiger charge is 2.17. The van der Waals surface area contributed by atoms with Crippen molar-refractivity contribution in [1.29, 1.82) is 0 Å². The number of methoxy groups -OCH3 is 1. The first-order valence-electron chi connectivity index (χ1n) is 6.35. The van der Waals surface area contributed by atoms with E-state index in [1.165, 1.54) is 0 Å². The second kappa shape index (κ2) is 10.6. The van der Waals surface area contributed by atoms with E-state index in [4.69, 9.17) is 14.6 Å². The lowest BCUT2D eigenvalue weighted by molar-refractivity contribution is -0.142. The lowest BCUT2D eigenvalue weighted by Crippen LogP contribution is -2.47. The summed E-state index contributed by atoms with van der Waals surface area (Å²) in [4.78, 5) is 23.8. The molecular weight excluding hydrogens is 252 g/mol. The number of rotatable bonds is 10. The van der Waals surface area contributed by atoms with Crippen molar-refractivity contribution in [3.63, 3.8) is 0 Å². The first-order valence-corrected chi connectivity index (χ1v) is 6.35. The van der Waals surface area contributed by atoms with Crippen molar-refractivity contribution in [3.05, 3.63) is 0 Å². The molecule has 112 valence electrons. The summed E-state index contributed by atoms with van der Waals surface area (Å²) in [5, 5.41) is 11.1. The smallest absolute Gasteiger partial charge is 0.329 e. The van der Waals surface area contributed by atoms with Crippen LogP contribution in [0.2, 0.25) is 0 Å². The third-order valence-electron chi connectivity index (χ3n) is 2.67. The van der Waals surface area contributed by atoms with Crippen molar-refractivity contribution < 1.29 is 24.2 Å². The van der Waals surface area contributed by atoms with Crippen LogP contribution in [-0.2, 0) is 14.3 Å². The molecule has 0 bridgehead atoms. The summed E-state index contributed by atoms with van der Waals surface area (Å²) in [5.41, 5.74) is 0. The molecule has 2 amide bonds. The molecule has 0 saturated heterocycles. The second-order valence-electron chi connectivity index (χ2n) is 4.12. The molecular formula is C12H24N2O5. The molecule has 7 nitrogen and oxygen atoms in total. The number of hydrogen-bond acceptors (Lipinski definition) is 4. The van der Waals surface area contributed by atoms with Crippen LogP contribution in [0.1, 0.15) is 20.3 Å². The molecule has 0 aliphatic heterocycles. The van der Waals surface area contributed by atoms with Crippen LogP contribution in [0.3, 0.4) is 0 Å². The molecule has 0 fully saturated rings. The van der Waals surface area contributed by atoms with Crippen LogP contribution >= 0.6 is 0 Å². The fraction of sp³-hybridized carbons (Fsp3) is 0.833. The minimum atomic E-state index is -1.02. The number of aliphatic carboxylic acids is 1. The topological polar surface area (TPSA) is 88.1 Å². The molecule has 0 saturated carbocycles. The van der Waals surface area contributed by atoms with Crippen molar-refractivity contribution in [2.45, 2.75) is 26.3 Å². The molecule has 0 aliphatic carbocycles. The molecule has 0 aromatic carbocycles. The normalized spacial score (nSPS) is 11.9. The number of urea groups is 1. The van der Waals surface area contributed by atoms with Crippen molar-refractivity contribution in [2.75, 3.05) is 40.0 Å². The Bertz CT molecular complexity index is 273. The van der Waals surface area contributed by atoms with Gasteiger partial charge in [-0.1, -0.05) is 6.92 Å². The van der Waals surface area contributed by atoms with Gasteiger partial charge in [-0.15, -0.1) is 0 Å². The van der Waals surface area contributed by atoms with Crippen LogP contribution in [0, 0.1) is 0 Å². The summed E-state index contributed by atoms with van der Waals surface area (Å²) in [6, 6.07) is -0.0691. The first-order chi connectivity index (χ1) is 9.02. The van der Waals surface area contributed by atoms with E-state index in [0.717, 1.165) is 6.42 Å². The van der Waals surface area contributed by atoms with E-state index in [0.29, 0.717) is 13.2 Å². The van der Waals surface area contributed by atoms with E-state index < -0.39 is 5.97 Å². The molecule has 0 aromatic rings. The first kappa shape index (κ1) is 17.7. The van der Waals surface area contributed by atoms with Gasteiger partial charge in [-0.3, -0.25) is 0 Å². The lowest BCUT2D eigenvalue weighted by atomic mass is 10.2. The van der Waals surface area contributed by atoms with Gasteiger partial charge in [0.1, 0.15) is 6.61 Å². The van der Waals surface area contributed by atoms with Gasteiger partial charge in [-0.25, -0.2) is 9.59 Å². The number of carboxylic acid groups (broad SMARTS) is 1. The Morgan fingerprint density at radius 2 is 2.05 bits per heavy atom. The number of carboxylic acids is 1. The number of nitrogens with one attached hydrogen (secondary N) is 1. The summed E-state index contributed by atoms with van der Waals surface area (Å²) in [5.74, 6) is -1.02. The Balaban J connectivity index is 3.99. The zero-order valence-electron chi connectivity index (χ0n) is 11.8. The molecule has 1 atom stereocenters. The summed E-state index contributed by atoms with van der Waals surface area (Å²) in [6.07, 6.45) is 0.854. The monoisotopic (exact) mass is 276 g/mol. The van der Waals surface area contributed by atoms with Crippen molar-refractivity contribution >= 4 is 12.0 Å². The highest BCUT2D eigenvalue weighted by molar-refractivity contribution is 5.74. The minimum Gasteiger partial charge on any atom is -0.480 e. The van der Waals surface area contributed by atoms with E-state index in [2.05, 4.69) is 5.32 Å². The summed E-state index contributed by atoms with van der Waals surface area (Å²) in [7, 11) is 1.59. The molecule has 2 N–H and O–H groups in total. The maximum absolute atomic E-state index is 11.9. The van der Waals surface area contributed by atoms with Gasteiger partial charge in [0.2, 0.25) is 0 Å². The van der Waals surface area contributed by atoms with Gasteiger partial charge in [0, 0.05) is 26.2 Å². The average Bonchev–Trinajstić information content (AvgIpc) is 2.38. The standard InChI is InChI=1S/C12H24N2O5/c1-4-10(2)14(6-8-18-3)12(17)13-5-7-19-9-11(15)16/h10H,4-9H2,1-3H3,(H,13,17)(H,15,16). The zero-order valence-corrected chi connectivity index (χ0v) is 11.8. The molecule has 1 unspecified atom stereocenters. The Kier molecular flexibility index (Phi) is 9.82. The van der Waals surface area contributed by atoms with Gasteiger partial charge in [0.05, 0.1) is 13.2 Å². The van der Waals surface area contributed by atoms with Gasteiger partial charge < -0.3 is 24.8 Å². The van der Waals surface area contributed by atoms with Crippen LogP contribution in [0.25, 0.3) is 0 Å². The van der Waals surface area contributed by atoms with Crippen LogP contribution < -0.4 is 5.32 Å². The summed E-state index contributed by atoms with van der Waals surface area (Å²) >= 11 is 0. The molecule has 0 heterocycles. The molecule has 0 rings (SSSR count). The fourth-order valence-corrected chi connectivity index (χ4v) is 1.42.